The average molecular weight is 508 g/mol. The fourth-order valence-electron chi connectivity index (χ4n) is 2.51. The number of nitrogens with zero attached hydrogens (tertiary/aromatic N) is 4. The number of aliphatic hydroxyl groups is 1. The lowest BCUT2D eigenvalue weighted by Crippen LogP contribution is -2.31. The van der Waals surface area contributed by atoms with E-state index in [-0.39, 0.29) is 17.0 Å². The van der Waals surface area contributed by atoms with Crippen LogP contribution in [-0.2, 0) is 38.8 Å². The minimum absolute atomic E-state index is 0.0624. The summed E-state index contributed by atoms with van der Waals surface area (Å²) in [6, 6.07) is 0. The molecule has 2 unspecified atom stereocenters. The van der Waals surface area contributed by atoms with Crippen LogP contribution in [0.1, 0.15) is 6.23 Å². The molecule has 1 aliphatic rings. The molecule has 30 heavy (non-hydrogen) atoms. The largest absolute Gasteiger partial charge is 0.532 e. The second-order valence-corrected chi connectivity index (χ2v) is 10.5. The van der Waals surface area contributed by atoms with Gasteiger partial charge in [-0.05, 0) is 4.31 Å². The van der Waals surface area contributed by atoms with Gasteiger partial charge in [-0.3, -0.25) is 9.46 Å². The number of alkyl halides is 1. The molecule has 1 fully saturated rings. The number of rotatable bonds is 8. The highest BCUT2D eigenvalue weighted by Crippen LogP contribution is 2.62. The normalized spacial score (nSPS) is 27.3. The van der Waals surface area contributed by atoms with Gasteiger partial charge in [0.05, 0.1) is 6.33 Å². The highest BCUT2D eigenvalue weighted by atomic mass is 32.4. The topological polar surface area (TPSA) is 222 Å². The van der Waals surface area contributed by atoms with Crippen molar-refractivity contribution >= 4 is 51.6 Å². The van der Waals surface area contributed by atoms with Crippen LogP contribution in [0.4, 0.5) is 10.2 Å². The molecule has 15 nitrogen and oxygen atoms in total. The number of ether oxygens (including phenoxy) is 1. The van der Waals surface area contributed by atoms with E-state index in [4.69, 9.17) is 24.8 Å². The van der Waals surface area contributed by atoms with Gasteiger partial charge in [-0.1, -0.05) is 0 Å². The molecule has 2 aromatic rings. The summed E-state index contributed by atoms with van der Waals surface area (Å²) in [4.78, 5) is 38.0. The molecule has 1 aliphatic heterocycles. The third kappa shape index (κ3) is 5.40. The number of imidazole rings is 1. The first kappa shape index (κ1) is 23.6. The van der Waals surface area contributed by atoms with Crippen LogP contribution >= 0.6 is 22.8 Å². The van der Waals surface area contributed by atoms with Crippen LogP contribution in [-0.4, -0.2) is 64.3 Å². The summed E-state index contributed by atoms with van der Waals surface area (Å²) < 4.78 is 56.1. The fourth-order valence-corrected chi connectivity index (χ4v) is 6.05. The van der Waals surface area contributed by atoms with Gasteiger partial charge < -0.3 is 25.4 Å². The number of anilines is 1. The minimum atomic E-state index is -5.33. The Morgan fingerprint density at radius 3 is 2.70 bits per heavy atom. The quantitative estimate of drug-likeness (QED) is 0.297. The van der Waals surface area contributed by atoms with Gasteiger partial charge in [0, 0.05) is 0 Å². The fraction of sp³-hybridized carbons (Fsp3) is 0.500. The molecular formula is C10H14FN5O10P3S+. The van der Waals surface area contributed by atoms with E-state index in [0.29, 0.717) is 0 Å². The van der Waals surface area contributed by atoms with Gasteiger partial charge in [-0.15, -0.1) is 4.52 Å². The molecule has 0 aromatic carbocycles. The smallest absolute Gasteiger partial charge is 0.387 e. The van der Waals surface area contributed by atoms with E-state index in [0.717, 1.165) is 6.33 Å². The number of hydrogen-bond acceptors (Lipinski definition) is 12. The number of aliphatic hydroxyl groups excluding tert-OH is 1. The molecule has 0 saturated carbocycles. The van der Waals surface area contributed by atoms with E-state index in [2.05, 4.69) is 35.4 Å². The second kappa shape index (κ2) is 8.82. The standard InChI is InChI=1S/C10H13FN5O10P3S/c11-5-7(17)4(1-23-27(30)25-29(21,22)26-28(18,19)20)24-10(5)16-3-15-6-8(12)13-2-14-9(6)16/h2-5,7,10,17H,1H2,(H4-,12,13,14,18,19,20,21,22)/p+1/t4-,5+,7+,10-/m1/s1. The summed E-state index contributed by atoms with van der Waals surface area (Å²) in [5, 5.41) is 10.1. The summed E-state index contributed by atoms with van der Waals surface area (Å²) in [5.41, 5.74) is 6.03. The van der Waals surface area contributed by atoms with Crippen molar-refractivity contribution in [3.63, 3.8) is 0 Å². The zero-order valence-electron chi connectivity index (χ0n) is 14.4. The zero-order valence-corrected chi connectivity index (χ0v) is 17.9. The molecular weight excluding hydrogens is 494 g/mol. The van der Waals surface area contributed by atoms with Crippen molar-refractivity contribution in [2.45, 2.75) is 24.6 Å². The Balaban J connectivity index is 1.64. The number of phosphoric acid groups is 2. The van der Waals surface area contributed by atoms with Gasteiger partial charge in [0.25, 0.3) is 0 Å². The van der Waals surface area contributed by atoms with Crippen molar-refractivity contribution in [2.75, 3.05) is 12.3 Å². The van der Waals surface area contributed by atoms with Crippen molar-refractivity contribution in [1.29, 1.82) is 0 Å². The molecule has 0 aliphatic carbocycles. The Labute approximate surface area is 172 Å². The van der Waals surface area contributed by atoms with E-state index >= 15 is 0 Å². The summed E-state index contributed by atoms with van der Waals surface area (Å²) in [5.74, 6) is 0.0624. The molecule has 1 saturated heterocycles. The molecule has 166 valence electrons. The molecule has 2 aromatic heterocycles. The van der Waals surface area contributed by atoms with Crippen molar-refractivity contribution in [2.24, 2.45) is 0 Å². The Morgan fingerprint density at radius 2 is 2.03 bits per heavy atom. The Hall–Kier alpha value is -1.06. The Bertz CT molecular complexity index is 1050. The van der Waals surface area contributed by atoms with Crippen LogP contribution in [0.25, 0.3) is 11.2 Å². The van der Waals surface area contributed by atoms with Crippen LogP contribution in [0.3, 0.4) is 0 Å². The first-order valence-electron chi connectivity index (χ1n) is 7.68. The van der Waals surface area contributed by atoms with Crippen molar-refractivity contribution in [1.82, 2.24) is 19.5 Å². The summed E-state index contributed by atoms with van der Waals surface area (Å²) in [6.45, 7) is -0.576. The third-order valence-corrected chi connectivity index (χ3v) is 7.99. The van der Waals surface area contributed by atoms with E-state index in [1.54, 1.807) is 0 Å². The zero-order chi connectivity index (χ0) is 22.3. The number of fused-ring (bicyclic) bond motifs is 1. The minimum Gasteiger partial charge on any atom is -0.387 e. The number of nitrogen functional groups attached to an aromatic ring is 1. The maximum absolute atomic E-state index is 14.6. The lowest BCUT2D eigenvalue weighted by Gasteiger charge is -2.14. The molecule has 20 heteroatoms. The number of nitrogens with two attached hydrogens (primary N) is 1. The van der Waals surface area contributed by atoms with Crippen molar-refractivity contribution in [3.05, 3.63) is 12.7 Å². The lowest BCUT2D eigenvalue weighted by molar-refractivity contribution is -0.0403. The molecule has 6 atom stereocenters. The van der Waals surface area contributed by atoms with Gasteiger partial charge >= 0.3 is 22.8 Å². The highest BCUT2D eigenvalue weighted by Gasteiger charge is 2.48. The van der Waals surface area contributed by atoms with E-state index in [1.165, 1.54) is 10.9 Å². The third-order valence-electron chi connectivity index (χ3n) is 3.68. The summed E-state index contributed by atoms with van der Waals surface area (Å²) in [6.07, 6.45) is -3.91. The molecule has 0 amide bonds. The van der Waals surface area contributed by atoms with Gasteiger partial charge in [0.1, 0.15) is 30.7 Å². The second-order valence-electron chi connectivity index (χ2n) is 5.72. The summed E-state index contributed by atoms with van der Waals surface area (Å²) in [7, 11) is -13.2. The van der Waals surface area contributed by atoms with Crippen molar-refractivity contribution < 1.29 is 51.2 Å². The summed E-state index contributed by atoms with van der Waals surface area (Å²) >= 11 is 4.64. The Kier molecular flexibility index (Phi) is 6.94. The number of halogens is 1. The predicted molar refractivity (Wildman–Crippen MR) is 98.8 cm³/mol. The number of hydrogen-bond donors (Lipinski definition) is 5. The number of aromatic nitrogens is 4. The van der Waals surface area contributed by atoms with E-state index in [1.807, 2.05) is 0 Å². The van der Waals surface area contributed by atoms with Crippen LogP contribution in [0.15, 0.2) is 12.7 Å². The Morgan fingerprint density at radius 1 is 1.33 bits per heavy atom. The van der Waals surface area contributed by atoms with E-state index < -0.39 is 54.0 Å². The van der Waals surface area contributed by atoms with Gasteiger partial charge in [0.2, 0.25) is 11.8 Å². The van der Waals surface area contributed by atoms with Crippen LogP contribution < -0.4 is 5.73 Å². The SMILES string of the molecule is Nc1ncnc2c1ncn2[C@@H]1O[C@H](CO[P+](=S)OP(=O)(O)OP(=O)(O)O)[C@H](O)[C@@H]1F. The van der Waals surface area contributed by atoms with Crippen LogP contribution in [0.2, 0.25) is 0 Å². The first-order valence-corrected chi connectivity index (χ1v) is 12.9. The van der Waals surface area contributed by atoms with E-state index in [9.17, 15) is 23.5 Å². The molecule has 3 heterocycles. The highest BCUT2D eigenvalue weighted by molar-refractivity contribution is 8.02. The average Bonchev–Trinajstić information content (AvgIpc) is 3.14. The lowest BCUT2D eigenvalue weighted by atomic mass is 10.1. The maximum Gasteiger partial charge on any atom is 0.532 e. The molecule has 0 bridgehead atoms. The molecule has 6 N–H and O–H groups in total. The monoisotopic (exact) mass is 508 g/mol. The van der Waals surface area contributed by atoms with Crippen LogP contribution in [0.5, 0.6) is 0 Å². The maximum atomic E-state index is 14.6. The van der Waals surface area contributed by atoms with Gasteiger partial charge in [-0.2, -0.15) is 4.31 Å². The predicted octanol–water partition coefficient (Wildman–Crippen LogP) is 0.0216. The van der Waals surface area contributed by atoms with Crippen molar-refractivity contribution in [3.8, 4) is 0 Å². The molecule has 0 spiro atoms. The van der Waals surface area contributed by atoms with Crippen LogP contribution in [0, 0.1) is 0 Å². The molecule has 0 radical (unpaired) electrons. The molecule has 3 rings (SSSR count). The van der Waals surface area contributed by atoms with Gasteiger partial charge in [-0.25, -0.2) is 28.5 Å². The van der Waals surface area contributed by atoms with Gasteiger partial charge in [0.15, 0.2) is 23.9 Å². The first-order chi connectivity index (χ1) is 13.9.